The second kappa shape index (κ2) is 4.73. The van der Waals surface area contributed by atoms with Gasteiger partial charge in [0.2, 0.25) is 0 Å². The van der Waals surface area contributed by atoms with E-state index in [2.05, 4.69) is 0 Å². The SMILES string of the molecule is OCCC[C]1CCCCC1. The van der Waals surface area contributed by atoms with Gasteiger partial charge in [-0.3, -0.25) is 0 Å². The predicted molar refractivity (Wildman–Crippen MR) is 42.6 cm³/mol. The van der Waals surface area contributed by atoms with Crippen LogP contribution in [0, 0.1) is 5.92 Å². The molecule has 1 N–H and O–H groups in total. The molecule has 0 heterocycles. The maximum atomic E-state index is 8.58. The summed E-state index contributed by atoms with van der Waals surface area (Å²) in [4.78, 5) is 0. The van der Waals surface area contributed by atoms with Crippen molar-refractivity contribution < 1.29 is 5.11 Å². The van der Waals surface area contributed by atoms with Crippen LogP contribution in [0.2, 0.25) is 0 Å². The molecule has 1 saturated carbocycles. The number of hydrogen-bond donors (Lipinski definition) is 1. The maximum absolute atomic E-state index is 8.58. The Labute approximate surface area is 63.4 Å². The molecule has 10 heavy (non-hydrogen) atoms. The van der Waals surface area contributed by atoms with Gasteiger partial charge in [0.1, 0.15) is 0 Å². The average Bonchev–Trinajstić information content (AvgIpc) is 2.03. The van der Waals surface area contributed by atoms with Crippen molar-refractivity contribution in [2.24, 2.45) is 0 Å². The Hall–Kier alpha value is -0.0400. The first kappa shape index (κ1) is 8.06. The third kappa shape index (κ3) is 2.70. The van der Waals surface area contributed by atoms with E-state index in [0.29, 0.717) is 6.61 Å². The number of rotatable bonds is 3. The molecule has 1 rings (SSSR count). The maximum Gasteiger partial charge on any atom is 0.0431 e. The summed E-state index contributed by atoms with van der Waals surface area (Å²) >= 11 is 0. The van der Waals surface area contributed by atoms with Gasteiger partial charge in [-0.05, 0) is 31.6 Å². The molecular weight excluding hydrogens is 124 g/mol. The highest BCUT2D eigenvalue weighted by atomic mass is 16.2. The Bertz CT molecular complexity index is 74.8. The van der Waals surface area contributed by atoms with Crippen LogP contribution in [0.5, 0.6) is 0 Å². The predicted octanol–water partition coefficient (Wildman–Crippen LogP) is 2.30. The summed E-state index contributed by atoms with van der Waals surface area (Å²) in [5.41, 5.74) is 0. The van der Waals surface area contributed by atoms with Gasteiger partial charge < -0.3 is 5.11 Å². The molecule has 0 aromatic heterocycles. The van der Waals surface area contributed by atoms with E-state index in [4.69, 9.17) is 5.11 Å². The van der Waals surface area contributed by atoms with Crippen LogP contribution in [0.1, 0.15) is 44.9 Å². The van der Waals surface area contributed by atoms with Crippen molar-refractivity contribution in [3.63, 3.8) is 0 Å². The third-order valence-electron chi connectivity index (χ3n) is 2.25. The minimum atomic E-state index is 0.365. The monoisotopic (exact) mass is 141 g/mol. The van der Waals surface area contributed by atoms with E-state index >= 15 is 0 Å². The smallest absolute Gasteiger partial charge is 0.0431 e. The van der Waals surface area contributed by atoms with Crippen LogP contribution in [0.3, 0.4) is 0 Å². The largest absolute Gasteiger partial charge is 0.396 e. The van der Waals surface area contributed by atoms with E-state index in [0.717, 1.165) is 6.42 Å². The number of aliphatic hydroxyl groups is 1. The third-order valence-corrected chi connectivity index (χ3v) is 2.25. The number of aliphatic hydroxyl groups excluding tert-OH is 1. The molecule has 0 unspecified atom stereocenters. The van der Waals surface area contributed by atoms with Gasteiger partial charge in [0.15, 0.2) is 0 Å². The van der Waals surface area contributed by atoms with Gasteiger partial charge in [0.25, 0.3) is 0 Å². The molecule has 1 aliphatic rings. The van der Waals surface area contributed by atoms with Crippen molar-refractivity contribution in [2.45, 2.75) is 44.9 Å². The van der Waals surface area contributed by atoms with Crippen molar-refractivity contribution in [3.8, 4) is 0 Å². The molecule has 0 bridgehead atoms. The molecule has 1 radical (unpaired) electrons. The topological polar surface area (TPSA) is 20.2 Å². The zero-order chi connectivity index (χ0) is 7.23. The highest BCUT2D eigenvalue weighted by Crippen LogP contribution is 2.28. The molecule has 59 valence electrons. The molecule has 1 fully saturated rings. The lowest BCUT2D eigenvalue weighted by atomic mass is 9.86. The van der Waals surface area contributed by atoms with Crippen LogP contribution < -0.4 is 0 Å². The highest BCUT2D eigenvalue weighted by Gasteiger charge is 2.12. The van der Waals surface area contributed by atoms with E-state index in [9.17, 15) is 0 Å². The quantitative estimate of drug-likeness (QED) is 0.639. The summed E-state index contributed by atoms with van der Waals surface area (Å²) in [6.45, 7) is 0.365. The molecule has 0 aliphatic heterocycles. The Balaban J connectivity index is 2.02. The molecule has 1 nitrogen and oxygen atoms in total. The van der Waals surface area contributed by atoms with Crippen LogP contribution in [0.15, 0.2) is 0 Å². The van der Waals surface area contributed by atoms with E-state index in [-0.39, 0.29) is 0 Å². The Morgan fingerprint density at radius 2 is 1.80 bits per heavy atom. The molecule has 0 aromatic rings. The average molecular weight is 141 g/mol. The van der Waals surface area contributed by atoms with Crippen molar-refractivity contribution in [1.29, 1.82) is 0 Å². The summed E-state index contributed by atoms with van der Waals surface area (Å²) in [7, 11) is 0. The fraction of sp³-hybridized carbons (Fsp3) is 0.889. The first-order valence-electron chi connectivity index (χ1n) is 4.38. The van der Waals surface area contributed by atoms with E-state index in [1.807, 2.05) is 0 Å². The minimum absolute atomic E-state index is 0.365. The van der Waals surface area contributed by atoms with Crippen molar-refractivity contribution in [3.05, 3.63) is 5.92 Å². The van der Waals surface area contributed by atoms with Gasteiger partial charge in [-0.15, -0.1) is 0 Å². The summed E-state index contributed by atoms with van der Waals surface area (Å²) in [5.74, 6) is 1.69. The molecule has 0 saturated heterocycles. The van der Waals surface area contributed by atoms with E-state index in [1.165, 1.54) is 38.5 Å². The van der Waals surface area contributed by atoms with Gasteiger partial charge in [0, 0.05) is 6.61 Å². The van der Waals surface area contributed by atoms with Crippen molar-refractivity contribution in [1.82, 2.24) is 0 Å². The zero-order valence-electron chi connectivity index (χ0n) is 6.60. The first-order valence-corrected chi connectivity index (χ1v) is 4.38. The first-order chi connectivity index (χ1) is 4.93. The Kier molecular flexibility index (Phi) is 3.81. The van der Waals surface area contributed by atoms with Gasteiger partial charge in [-0.25, -0.2) is 0 Å². The van der Waals surface area contributed by atoms with E-state index in [1.54, 1.807) is 5.92 Å². The van der Waals surface area contributed by atoms with Gasteiger partial charge in [-0.1, -0.05) is 19.3 Å². The molecule has 1 heteroatoms. The van der Waals surface area contributed by atoms with Crippen LogP contribution in [-0.2, 0) is 0 Å². The zero-order valence-corrected chi connectivity index (χ0v) is 6.60. The van der Waals surface area contributed by atoms with Gasteiger partial charge in [-0.2, -0.15) is 0 Å². The molecule has 0 spiro atoms. The fourth-order valence-electron chi connectivity index (χ4n) is 1.63. The van der Waals surface area contributed by atoms with Crippen LogP contribution in [0.4, 0.5) is 0 Å². The van der Waals surface area contributed by atoms with Gasteiger partial charge >= 0.3 is 0 Å². The highest BCUT2D eigenvalue weighted by molar-refractivity contribution is 4.91. The second-order valence-corrected chi connectivity index (χ2v) is 3.14. The standard InChI is InChI=1S/C9H17O/c10-8-4-7-9-5-2-1-3-6-9/h10H,1-8H2. The lowest BCUT2D eigenvalue weighted by Crippen LogP contribution is -2.04. The fourth-order valence-corrected chi connectivity index (χ4v) is 1.63. The van der Waals surface area contributed by atoms with Crippen LogP contribution in [-0.4, -0.2) is 11.7 Å². The molecule has 1 aliphatic carbocycles. The van der Waals surface area contributed by atoms with Crippen LogP contribution >= 0.6 is 0 Å². The summed E-state index contributed by atoms with van der Waals surface area (Å²) in [6, 6.07) is 0. The lowest BCUT2D eigenvalue weighted by molar-refractivity contribution is 0.282. The second-order valence-electron chi connectivity index (χ2n) is 3.14. The lowest BCUT2D eigenvalue weighted by Gasteiger charge is -2.19. The molecular formula is C9H17O. The summed E-state index contributed by atoms with van der Waals surface area (Å²) in [5, 5.41) is 8.58. The summed E-state index contributed by atoms with van der Waals surface area (Å²) < 4.78 is 0. The summed E-state index contributed by atoms with van der Waals surface area (Å²) in [6.07, 6.45) is 9.02. The van der Waals surface area contributed by atoms with E-state index < -0.39 is 0 Å². The van der Waals surface area contributed by atoms with Crippen molar-refractivity contribution >= 4 is 0 Å². The molecule has 0 amide bonds. The Morgan fingerprint density at radius 3 is 2.40 bits per heavy atom. The Morgan fingerprint density at radius 1 is 1.10 bits per heavy atom. The molecule has 0 aromatic carbocycles. The normalized spacial score (nSPS) is 21.3. The molecule has 0 atom stereocenters. The van der Waals surface area contributed by atoms with Crippen LogP contribution in [0.25, 0.3) is 0 Å². The number of hydrogen-bond acceptors (Lipinski definition) is 1. The minimum Gasteiger partial charge on any atom is -0.396 e. The van der Waals surface area contributed by atoms with Crippen molar-refractivity contribution in [2.75, 3.05) is 6.61 Å². The van der Waals surface area contributed by atoms with Gasteiger partial charge in [0.05, 0.1) is 0 Å².